The largest absolute Gasteiger partial charge is 0.367 e. The van der Waals surface area contributed by atoms with Gasteiger partial charge in [0.1, 0.15) is 5.60 Å². The van der Waals surface area contributed by atoms with Crippen LogP contribution in [-0.4, -0.2) is 29.8 Å². The third-order valence-corrected chi connectivity index (χ3v) is 4.48. The number of nitrogens with zero attached hydrogens (tertiary/aromatic N) is 2. The van der Waals surface area contributed by atoms with Crippen LogP contribution in [0, 0.1) is 0 Å². The van der Waals surface area contributed by atoms with Gasteiger partial charge in [-0.05, 0) is 46.1 Å². The number of rotatable bonds is 7. The van der Waals surface area contributed by atoms with Gasteiger partial charge in [-0.3, -0.25) is 0 Å². The molecule has 1 fully saturated rings. The Labute approximate surface area is 121 Å². The topological polar surface area (TPSA) is 60.2 Å². The molecule has 1 aromatic rings. The van der Waals surface area contributed by atoms with Crippen LogP contribution >= 0.6 is 0 Å². The Kier molecular flexibility index (Phi) is 5.16. The molecular weight excluding hydrogens is 254 g/mol. The zero-order valence-corrected chi connectivity index (χ0v) is 13.1. The Bertz CT molecular complexity index is 409. The van der Waals surface area contributed by atoms with Crippen LogP contribution in [0.3, 0.4) is 0 Å². The Morgan fingerprint density at radius 2 is 2.05 bits per heavy atom. The molecule has 2 unspecified atom stereocenters. The minimum Gasteiger partial charge on any atom is -0.367 e. The lowest BCUT2D eigenvalue weighted by atomic mass is 9.99. The van der Waals surface area contributed by atoms with Gasteiger partial charge in [-0.15, -0.1) is 0 Å². The van der Waals surface area contributed by atoms with Crippen LogP contribution in [-0.2, 0) is 10.3 Å². The van der Waals surface area contributed by atoms with Crippen molar-refractivity contribution in [1.29, 1.82) is 0 Å². The quantitative estimate of drug-likeness (QED) is 0.832. The molecule has 2 atom stereocenters. The second-order valence-electron chi connectivity index (χ2n) is 5.68. The Morgan fingerprint density at radius 1 is 1.35 bits per heavy atom. The maximum Gasteiger partial charge on any atom is 0.231 e. The van der Waals surface area contributed by atoms with E-state index in [4.69, 9.17) is 9.26 Å². The molecule has 0 spiro atoms. The van der Waals surface area contributed by atoms with E-state index in [1.165, 1.54) is 12.8 Å². The molecule has 0 amide bonds. The van der Waals surface area contributed by atoms with Gasteiger partial charge in [-0.1, -0.05) is 19.0 Å². The fraction of sp³-hybridized carbons (Fsp3) is 0.867. The average molecular weight is 281 g/mol. The first-order chi connectivity index (χ1) is 9.66. The number of nitrogens with one attached hydrogen (secondary N) is 1. The summed E-state index contributed by atoms with van der Waals surface area (Å²) in [5.74, 6) is 1.67. The summed E-state index contributed by atoms with van der Waals surface area (Å²) in [5, 5.41) is 7.53. The van der Waals surface area contributed by atoms with Gasteiger partial charge in [0.2, 0.25) is 11.7 Å². The van der Waals surface area contributed by atoms with Crippen LogP contribution in [0.1, 0.15) is 70.5 Å². The molecule has 1 saturated carbocycles. The van der Waals surface area contributed by atoms with Gasteiger partial charge < -0.3 is 14.6 Å². The highest BCUT2D eigenvalue weighted by atomic mass is 16.5. The lowest BCUT2D eigenvalue weighted by molar-refractivity contribution is -0.0469. The fourth-order valence-corrected chi connectivity index (χ4v) is 3.24. The van der Waals surface area contributed by atoms with E-state index >= 15 is 0 Å². The lowest BCUT2D eigenvalue weighted by Crippen LogP contribution is -2.30. The first kappa shape index (κ1) is 15.4. The Balaban J connectivity index is 2.19. The van der Waals surface area contributed by atoms with Gasteiger partial charge >= 0.3 is 0 Å². The molecule has 1 aromatic heterocycles. The van der Waals surface area contributed by atoms with Crippen LogP contribution in [0.5, 0.6) is 0 Å². The van der Waals surface area contributed by atoms with E-state index in [-0.39, 0.29) is 11.5 Å². The number of hydrogen-bond acceptors (Lipinski definition) is 5. The molecule has 0 aromatic carbocycles. The third kappa shape index (κ3) is 2.88. The van der Waals surface area contributed by atoms with Gasteiger partial charge in [0.15, 0.2) is 0 Å². The van der Waals surface area contributed by atoms with E-state index < -0.39 is 0 Å². The zero-order valence-electron chi connectivity index (χ0n) is 13.1. The standard InChI is InChI=1S/C15H27N3O2/c1-5-12(16-4)11(3)13-17-14(18-20-13)15(19-6-2)9-7-8-10-15/h11-12,16H,5-10H2,1-4H3. The molecule has 0 bridgehead atoms. The van der Waals surface area contributed by atoms with Crippen LogP contribution in [0.15, 0.2) is 4.52 Å². The number of aromatic nitrogens is 2. The van der Waals surface area contributed by atoms with Crippen molar-refractivity contribution >= 4 is 0 Å². The highest BCUT2D eigenvalue weighted by molar-refractivity contribution is 5.07. The maximum absolute atomic E-state index is 5.98. The normalized spacial score (nSPS) is 21.0. The van der Waals surface area contributed by atoms with Gasteiger partial charge in [0.25, 0.3) is 0 Å². The summed E-state index contributed by atoms with van der Waals surface area (Å²) in [6.45, 7) is 7.00. The molecule has 1 N–H and O–H groups in total. The molecule has 1 heterocycles. The molecular formula is C15H27N3O2. The van der Waals surface area contributed by atoms with E-state index in [9.17, 15) is 0 Å². The van der Waals surface area contributed by atoms with Gasteiger partial charge in [0, 0.05) is 12.6 Å². The first-order valence-corrected chi connectivity index (χ1v) is 7.82. The van der Waals surface area contributed by atoms with Crippen molar-refractivity contribution in [3.05, 3.63) is 11.7 Å². The van der Waals surface area contributed by atoms with E-state index in [0.717, 1.165) is 25.1 Å². The molecule has 1 aliphatic rings. The molecule has 2 rings (SSSR count). The highest BCUT2D eigenvalue weighted by Crippen LogP contribution is 2.41. The number of ether oxygens (including phenoxy) is 1. The summed E-state index contributed by atoms with van der Waals surface area (Å²) in [6, 6.07) is 0.356. The zero-order chi connectivity index (χ0) is 14.6. The summed E-state index contributed by atoms with van der Waals surface area (Å²) in [5.41, 5.74) is -0.308. The molecule has 114 valence electrons. The van der Waals surface area contributed by atoms with Crippen molar-refractivity contribution in [2.75, 3.05) is 13.7 Å². The van der Waals surface area contributed by atoms with E-state index in [1.54, 1.807) is 0 Å². The molecule has 5 heteroatoms. The van der Waals surface area contributed by atoms with Crippen LogP contribution < -0.4 is 5.32 Å². The predicted molar refractivity (Wildman–Crippen MR) is 77.6 cm³/mol. The fourth-order valence-electron chi connectivity index (χ4n) is 3.24. The molecule has 5 nitrogen and oxygen atoms in total. The lowest BCUT2D eigenvalue weighted by Gasteiger charge is -2.24. The second kappa shape index (κ2) is 6.68. The van der Waals surface area contributed by atoms with Crippen molar-refractivity contribution in [1.82, 2.24) is 15.5 Å². The van der Waals surface area contributed by atoms with E-state index in [2.05, 4.69) is 29.3 Å². The Morgan fingerprint density at radius 3 is 2.60 bits per heavy atom. The monoisotopic (exact) mass is 281 g/mol. The minimum atomic E-state index is -0.308. The van der Waals surface area contributed by atoms with Gasteiger partial charge in [0.05, 0.1) is 5.92 Å². The van der Waals surface area contributed by atoms with Crippen LogP contribution in [0.25, 0.3) is 0 Å². The van der Waals surface area contributed by atoms with Crippen molar-refractivity contribution in [2.24, 2.45) is 0 Å². The smallest absolute Gasteiger partial charge is 0.231 e. The maximum atomic E-state index is 5.98. The summed E-state index contributed by atoms with van der Waals surface area (Å²) in [6.07, 6.45) is 5.38. The second-order valence-corrected chi connectivity index (χ2v) is 5.68. The molecule has 0 aliphatic heterocycles. The summed E-state index contributed by atoms with van der Waals surface area (Å²) >= 11 is 0. The van der Waals surface area contributed by atoms with Crippen molar-refractivity contribution in [2.45, 2.75) is 70.4 Å². The number of likely N-dealkylation sites (N-methyl/N-ethyl adjacent to an activating group) is 1. The SMILES string of the molecule is CCOC1(c2noc(C(C)C(CC)NC)n2)CCCC1. The Hall–Kier alpha value is -0.940. The van der Waals surface area contributed by atoms with Crippen molar-refractivity contribution < 1.29 is 9.26 Å². The highest BCUT2D eigenvalue weighted by Gasteiger charge is 2.41. The van der Waals surface area contributed by atoms with E-state index in [1.807, 2.05) is 14.0 Å². The van der Waals surface area contributed by atoms with Gasteiger partial charge in [-0.25, -0.2) is 0 Å². The number of hydrogen-bond donors (Lipinski definition) is 1. The van der Waals surface area contributed by atoms with Crippen LogP contribution in [0.2, 0.25) is 0 Å². The molecule has 1 aliphatic carbocycles. The molecule has 20 heavy (non-hydrogen) atoms. The summed E-state index contributed by atoms with van der Waals surface area (Å²) in [4.78, 5) is 4.66. The predicted octanol–water partition coefficient (Wildman–Crippen LogP) is 2.98. The first-order valence-electron chi connectivity index (χ1n) is 7.82. The molecule has 0 radical (unpaired) electrons. The van der Waals surface area contributed by atoms with E-state index in [0.29, 0.717) is 18.5 Å². The average Bonchev–Trinajstić information content (AvgIpc) is 3.09. The van der Waals surface area contributed by atoms with Crippen molar-refractivity contribution in [3.8, 4) is 0 Å². The van der Waals surface area contributed by atoms with Crippen LogP contribution in [0.4, 0.5) is 0 Å². The molecule has 0 saturated heterocycles. The summed E-state index contributed by atoms with van der Waals surface area (Å²) < 4.78 is 11.5. The third-order valence-electron chi connectivity index (χ3n) is 4.48. The summed E-state index contributed by atoms with van der Waals surface area (Å²) in [7, 11) is 1.97. The van der Waals surface area contributed by atoms with Crippen molar-refractivity contribution in [3.63, 3.8) is 0 Å². The minimum absolute atomic E-state index is 0.214. The van der Waals surface area contributed by atoms with Gasteiger partial charge in [-0.2, -0.15) is 4.98 Å².